The Bertz CT molecular complexity index is 1140. The fourth-order valence-electron chi connectivity index (χ4n) is 3.99. The van der Waals surface area contributed by atoms with Crippen LogP contribution in [0.2, 0.25) is 0 Å². The molecule has 5 N–H and O–H groups in total. The van der Waals surface area contributed by atoms with E-state index in [4.69, 9.17) is 16.3 Å². The first-order valence-corrected chi connectivity index (χ1v) is 9.43. The highest BCUT2D eigenvalue weighted by atomic mass is 19.1. The van der Waals surface area contributed by atoms with Gasteiger partial charge in [0.25, 0.3) is 0 Å². The van der Waals surface area contributed by atoms with Crippen molar-refractivity contribution in [1.29, 1.82) is 0 Å². The second-order valence-corrected chi connectivity index (χ2v) is 7.51. The zero-order valence-corrected chi connectivity index (χ0v) is 16.2. The molecule has 1 saturated heterocycles. The molecule has 2 fully saturated rings. The number of carbonyl (C=O) groups is 1. The van der Waals surface area contributed by atoms with Gasteiger partial charge in [0.15, 0.2) is 11.6 Å². The van der Waals surface area contributed by atoms with Crippen LogP contribution in [-0.2, 0) is 4.84 Å². The molecule has 1 atom stereocenters. The smallest absolute Gasteiger partial charge is 0.341 e. The minimum absolute atomic E-state index is 0.0787. The standard InChI is InChI=1S/C19H21F2N5O4/c1-30-24-11-7-25(5-8(11)4-22)17-13(20)15(23)12-16(14(17)21)26(9-2-3-9)6-10(18(12)27)19(28)29/h6,8-9H,2-5,7,22-23H2,1H3,(H,28,29). The quantitative estimate of drug-likeness (QED) is 0.489. The Hall–Kier alpha value is -3.21. The topological polar surface area (TPSA) is 136 Å². The van der Waals surface area contributed by atoms with E-state index in [0.29, 0.717) is 18.6 Å². The third-order valence-corrected chi connectivity index (χ3v) is 5.61. The average Bonchev–Trinajstić information content (AvgIpc) is 3.47. The van der Waals surface area contributed by atoms with Gasteiger partial charge in [0.1, 0.15) is 18.4 Å². The lowest BCUT2D eigenvalue weighted by Crippen LogP contribution is -2.27. The lowest BCUT2D eigenvalue weighted by molar-refractivity contribution is 0.0695. The van der Waals surface area contributed by atoms with E-state index in [1.807, 2.05) is 0 Å². The molecule has 1 aromatic carbocycles. The van der Waals surface area contributed by atoms with E-state index < -0.39 is 45.4 Å². The van der Waals surface area contributed by atoms with Crippen molar-refractivity contribution in [3.05, 3.63) is 33.6 Å². The average molecular weight is 421 g/mol. The molecule has 1 aliphatic carbocycles. The molecule has 0 amide bonds. The number of pyridine rings is 1. The second kappa shape index (κ2) is 7.24. The van der Waals surface area contributed by atoms with Gasteiger partial charge >= 0.3 is 5.97 Å². The van der Waals surface area contributed by atoms with Crippen LogP contribution in [0, 0.1) is 17.6 Å². The Morgan fingerprint density at radius 3 is 2.63 bits per heavy atom. The van der Waals surface area contributed by atoms with Crippen molar-refractivity contribution in [1.82, 2.24) is 4.57 Å². The van der Waals surface area contributed by atoms with Crippen LogP contribution in [0.4, 0.5) is 20.2 Å². The van der Waals surface area contributed by atoms with Gasteiger partial charge in [0.2, 0.25) is 5.43 Å². The number of nitrogens with two attached hydrogens (primary N) is 2. The van der Waals surface area contributed by atoms with E-state index in [2.05, 4.69) is 5.16 Å². The third kappa shape index (κ3) is 2.96. The third-order valence-electron chi connectivity index (χ3n) is 5.61. The van der Waals surface area contributed by atoms with Crippen LogP contribution in [-0.4, -0.2) is 48.1 Å². The van der Waals surface area contributed by atoms with Gasteiger partial charge in [-0.3, -0.25) is 4.79 Å². The number of carboxylic acid groups (broad SMARTS) is 1. The summed E-state index contributed by atoms with van der Waals surface area (Å²) >= 11 is 0. The van der Waals surface area contributed by atoms with E-state index >= 15 is 8.78 Å². The fraction of sp³-hybridized carbons (Fsp3) is 0.421. The van der Waals surface area contributed by atoms with Crippen molar-refractivity contribution in [3.63, 3.8) is 0 Å². The highest BCUT2D eigenvalue weighted by Gasteiger charge is 2.36. The van der Waals surface area contributed by atoms with Gasteiger partial charge in [-0.15, -0.1) is 0 Å². The van der Waals surface area contributed by atoms with Crippen molar-refractivity contribution < 1.29 is 23.5 Å². The largest absolute Gasteiger partial charge is 0.477 e. The first kappa shape index (κ1) is 20.1. The summed E-state index contributed by atoms with van der Waals surface area (Å²) in [5.41, 5.74) is 9.46. The van der Waals surface area contributed by atoms with Crippen molar-refractivity contribution in [2.75, 3.05) is 37.4 Å². The molecule has 1 aromatic heterocycles. The molecular weight excluding hydrogens is 400 g/mol. The number of halogens is 2. The molecule has 2 aromatic rings. The van der Waals surface area contributed by atoms with E-state index in [1.54, 1.807) is 0 Å². The number of anilines is 2. The summed E-state index contributed by atoms with van der Waals surface area (Å²) in [6, 6.07) is -0.181. The van der Waals surface area contributed by atoms with Gasteiger partial charge < -0.3 is 30.9 Å². The molecule has 11 heteroatoms. The van der Waals surface area contributed by atoms with Crippen LogP contribution in [0.25, 0.3) is 10.9 Å². The summed E-state index contributed by atoms with van der Waals surface area (Å²) in [7, 11) is 1.37. The second-order valence-electron chi connectivity index (χ2n) is 7.51. The van der Waals surface area contributed by atoms with Crippen LogP contribution in [0.3, 0.4) is 0 Å². The maximum Gasteiger partial charge on any atom is 0.341 e. The van der Waals surface area contributed by atoms with Crippen LogP contribution in [0.15, 0.2) is 16.1 Å². The molecule has 2 heterocycles. The summed E-state index contributed by atoms with van der Waals surface area (Å²) in [6.45, 7) is 0.480. The molecule has 30 heavy (non-hydrogen) atoms. The molecule has 1 aliphatic heterocycles. The molecule has 2 aliphatic rings. The molecule has 0 spiro atoms. The SMILES string of the molecule is CON=C1CN(c2c(F)c(N)c3c(=O)c(C(=O)O)cn(C4CC4)c3c2F)CC1CN. The maximum absolute atomic E-state index is 15.7. The zero-order chi connectivity index (χ0) is 21.7. The van der Waals surface area contributed by atoms with Crippen LogP contribution < -0.4 is 21.8 Å². The van der Waals surface area contributed by atoms with Gasteiger partial charge in [-0.1, -0.05) is 5.16 Å². The number of nitrogens with zero attached hydrogens (tertiary/aromatic N) is 3. The van der Waals surface area contributed by atoms with Gasteiger partial charge in [-0.05, 0) is 12.8 Å². The predicted molar refractivity (Wildman–Crippen MR) is 107 cm³/mol. The Morgan fingerprint density at radius 1 is 1.37 bits per heavy atom. The predicted octanol–water partition coefficient (Wildman–Crippen LogP) is 1.29. The van der Waals surface area contributed by atoms with Crippen molar-refractivity contribution in [3.8, 4) is 0 Å². The molecule has 1 saturated carbocycles. The van der Waals surface area contributed by atoms with E-state index in [0.717, 1.165) is 6.20 Å². The zero-order valence-electron chi connectivity index (χ0n) is 16.2. The molecule has 1 unspecified atom stereocenters. The molecule has 4 rings (SSSR count). The number of rotatable bonds is 5. The minimum atomic E-state index is -1.48. The van der Waals surface area contributed by atoms with Gasteiger partial charge in [0.05, 0.1) is 28.8 Å². The summed E-state index contributed by atoms with van der Waals surface area (Å²) < 4.78 is 32.3. The van der Waals surface area contributed by atoms with E-state index in [1.165, 1.54) is 16.6 Å². The highest BCUT2D eigenvalue weighted by Crippen LogP contribution is 2.42. The molecule has 0 radical (unpaired) electrons. The monoisotopic (exact) mass is 421 g/mol. The van der Waals surface area contributed by atoms with Crippen molar-refractivity contribution in [2.45, 2.75) is 18.9 Å². The molecule has 0 bridgehead atoms. The Morgan fingerprint density at radius 2 is 2.07 bits per heavy atom. The minimum Gasteiger partial charge on any atom is -0.477 e. The highest BCUT2D eigenvalue weighted by molar-refractivity contribution is 6.01. The summed E-state index contributed by atoms with van der Waals surface area (Å²) in [5, 5.41) is 12.8. The molecular formula is C19H21F2N5O4. The number of benzene rings is 1. The van der Waals surface area contributed by atoms with Crippen molar-refractivity contribution in [2.24, 2.45) is 16.8 Å². The summed E-state index contributed by atoms with van der Waals surface area (Å²) in [5.74, 6) is -3.82. The lowest BCUT2D eigenvalue weighted by atomic mass is 10.1. The number of hydrogen-bond donors (Lipinski definition) is 3. The van der Waals surface area contributed by atoms with Crippen molar-refractivity contribution >= 4 is 34.0 Å². The molecule has 9 nitrogen and oxygen atoms in total. The Balaban J connectivity index is 1.99. The van der Waals surface area contributed by atoms with E-state index in [9.17, 15) is 14.7 Å². The number of hydrogen-bond acceptors (Lipinski definition) is 7. The number of aromatic carboxylic acids is 1. The number of nitrogen functional groups attached to an aromatic ring is 1. The fourth-order valence-corrected chi connectivity index (χ4v) is 3.99. The number of oxime groups is 1. The number of fused-ring (bicyclic) bond motifs is 1. The first-order chi connectivity index (χ1) is 14.3. The lowest BCUT2D eigenvalue weighted by Gasteiger charge is -2.23. The summed E-state index contributed by atoms with van der Waals surface area (Å²) in [4.78, 5) is 30.4. The van der Waals surface area contributed by atoms with Gasteiger partial charge in [0, 0.05) is 31.2 Å². The number of carboxylic acids is 1. The van der Waals surface area contributed by atoms with Crippen LogP contribution in [0.5, 0.6) is 0 Å². The van der Waals surface area contributed by atoms with E-state index in [-0.39, 0.29) is 37.1 Å². The normalized spacial score (nSPS) is 20.3. The Labute approximate surface area is 169 Å². The van der Waals surface area contributed by atoms with Gasteiger partial charge in [-0.2, -0.15) is 0 Å². The number of aromatic nitrogens is 1. The van der Waals surface area contributed by atoms with Gasteiger partial charge in [-0.25, -0.2) is 13.6 Å². The summed E-state index contributed by atoms with van der Waals surface area (Å²) in [6.07, 6.45) is 2.48. The maximum atomic E-state index is 15.7. The van der Waals surface area contributed by atoms with Crippen LogP contribution >= 0.6 is 0 Å². The molecule has 160 valence electrons. The Kier molecular flexibility index (Phi) is 4.85. The van der Waals surface area contributed by atoms with Crippen LogP contribution in [0.1, 0.15) is 29.2 Å². The first-order valence-electron chi connectivity index (χ1n) is 9.43.